The van der Waals surface area contributed by atoms with Crippen molar-refractivity contribution >= 4 is 17.9 Å². The molecule has 4 atom stereocenters. The lowest BCUT2D eigenvalue weighted by Gasteiger charge is -2.33. The molecule has 2 aliphatic heterocycles. The number of nitrogens with one attached hydrogen (secondary N) is 3. The van der Waals surface area contributed by atoms with Crippen LogP contribution in [0.3, 0.4) is 0 Å². The van der Waals surface area contributed by atoms with Crippen LogP contribution in [-0.2, 0) is 9.59 Å². The summed E-state index contributed by atoms with van der Waals surface area (Å²) < 4.78 is 0. The first-order valence-corrected chi connectivity index (χ1v) is 18.8. The number of nitrogens with zero attached hydrogens (tertiary/aromatic N) is 5. The number of carbonyl (C=O) groups excluding carboxylic acids is 2. The largest absolute Gasteiger partial charge is 0.465 e. The van der Waals surface area contributed by atoms with Crippen LogP contribution in [0, 0.1) is 5.92 Å². The van der Waals surface area contributed by atoms with Gasteiger partial charge in [0.05, 0.1) is 41.9 Å². The number of hydrogen-bond acceptors (Lipinski definition) is 6. The highest BCUT2D eigenvalue weighted by atomic mass is 16.4. The zero-order chi connectivity index (χ0) is 36.9. The summed E-state index contributed by atoms with van der Waals surface area (Å²) in [6, 6.07) is 15.5. The quantitative estimate of drug-likeness (QED) is 0.118. The van der Waals surface area contributed by atoms with Crippen LogP contribution in [0.4, 0.5) is 4.79 Å². The predicted octanol–water partition coefficient (Wildman–Crippen LogP) is 6.87. The third-order valence-electron chi connectivity index (χ3n) is 10.8. The van der Waals surface area contributed by atoms with Crippen LogP contribution in [-0.4, -0.2) is 95.9 Å². The molecule has 0 saturated carbocycles. The van der Waals surface area contributed by atoms with Gasteiger partial charge in [-0.05, 0) is 73.4 Å². The Hall–Kier alpha value is -4.97. The second-order valence-electron chi connectivity index (χ2n) is 14.2. The summed E-state index contributed by atoms with van der Waals surface area (Å²) >= 11 is 0. The van der Waals surface area contributed by atoms with Crippen LogP contribution in [0.25, 0.3) is 33.6 Å². The predicted molar refractivity (Wildman–Crippen MR) is 201 cm³/mol. The van der Waals surface area contributed by atoms with E-state index in [0.717, 1.165) is 91.2 Å². The molecule has 6 rings (SSSR count). The fourth-order valence-corrected chi connectivity index (χ4v) is 7.89. The van der Waals surface area contributed by atoms with E-state index in [2.05, 4.69) is 94.5 Å². The normalized spacial score (nSPS) is 18.7. The molecule has 52 heavy (non-hydrogen) atoms. The van der Waals surface area contributed by atoms with Gasteiger partial charge in [-0.25, -0.2) is 14.8 Å². The second kappa shape index (κ2) is 16.1. The molecule has 276 valence electrons. The molecule has 0 aliphatic carbocycles. The van der Waals surface area contributed by atoms with Crippen molar-refractivity contribution in [3.63, 3.8) is 0 Å². The van der Waals surface area contributed by atoms with Gasteiger partial charge in [-0.3, -0.25) is 14.5 Å². The van der Waals surface area contributed by atoms with Gasteiger partial charge in [-0.15, -0.1) is 0 Å². The molecule has 2 saturated heterocycles. The van der Waals surface area contributed by atoms with Crippen molar-refractivity contribution in [3.05, 3.63) is 72.6 Å². The van der Waals surface area contributed by atoms with Crippen LogP contribution in [0.5, 0.6) is 0 Å². The summed E-state index contributed by atoms with van der Waals surface area (Å²) in [5.74, 6) is 1.36. The molecule has 2 aromatic heterocycles. The monoisotopic (exact) mass is 708 g/mol. The highest BCUT2D eigenvalue weighted by Gasteiger charge is 2.38. The highest BCUT2D eigenvalue weighted by Crippen LogP contribution is 2.35. The summed E-state index contributed by atoms with van der Waals surface area (Å²) in [5, 5.41) is 11.7. The lowest BCUT2D eigenvalue weighted by molar-refractivity contribution is -0.138. The van der Waals surface area contributed by atoms with Crippen molar-refractivity contribution in [3.8, 4) is 33.6 Å². The Balaban J connectivity index is 1.11. The minimum atomic E-state index is -1.20. The molecule has 4 N–H and O–H groups in total. The molecule has 12 nitrogen and oxygen atoms in total. The fraction of sp³-hybridized carbons (Fsp3) is 0.475. The first kappa shape index (κ1) is 36.8. The summed E-state index contributed by atoms with van der Waals surface area (Å²) in [4.78, 5) is 60.7. The Kier molecular flexibility index (Phi) is 11.4. The maximum absolute atomic E-state index is 13.6. The van der Waals surface area contributed by atoms with Crippen molar-refractivity contribution in [2.24, 2.45) is 5.92 Å². The third-order valence-corrected chi connectivity index (χ3v) is 10.8. The van der Waals surface area contributed by atoms with Gasteiger partial charge in [0.25, 0.3) is 0 Å². The van der Waals surface area contributed by atoms with Crippen molar-refractivity contribution in [1.29, 1.82) is 0 Å². The summed E-state index contributed by atoms with van der Waals surface area (Å²) in [7, 11) is 0. The van der Waals surface area contributed by atoms with Gasteiger partial charge >= 0.3 is 6.09 Å². The number of benzene rings is 2. The van der Waals surface area contributed by atoms with E-state index >= 15 is 0 Å². The van der Waals surface area contributed by atoms with Crippen molar-refractivity contribution < 1.29 is 19.5 Å². The smallest absolute Gasteiger partial charge is 0.405 e. The summed E-state index contributed by atoms with van der Waals surface area (Å²) in [5.41, 5.74) is 5.97. The van der Waals surface area contributed by atoms with Crippen molar-refractivity contribution in [1.82, 2.24) is 40.0 Å². The van der Waals surface area contributed by atoms with Gasteiger partial charge in [0, 0.05) is 13.1 Å². The van der Waals surface area contributed by atoms with Crippen molar-refractivity contribution in [2.45, 2.75) is 90.9 Å². The van der Waals surface area contributed by atoms with E-state index in [1.54, 1.807) is 11.1 Å². The van der Waals surface area contributed by atoms with Gasteiger partial charge < -0.3 is 30.2 Å². The SMILES string of the molecule is CC[C@@H](C(=O)N1CCCC1c1ncc(-c2ccc(-c3ccc(-c4cnc([C@@H]5CCCN5C(=O)[C@@H](NC(=O)O)C(C)C)[nH]4)cc3)cc2)[nH]1)N(CC)CC. The second-order valence-corrected chi connectivity index (χ2v) is 14.2. The van der Waals surface area contributed by atoms with Gasteiger partial charge in [-0.1, -0.05) is 83.1 Å². The molecular formula is C40H52N8O4. The van der Waals surface area contributed by atoms with E-state index < -0.39 is 12.1 Å². The molecule has 0 spiro atoms. The lowest BCUT2D eigenvalue weighted by atomic mass is 10.0. The molecule has 3 amide bonds. The summed E-state index contributed by atoms with van der Waals surface area (Å²) in [6.45, 7) is 13.0. The Bertz CT molecular complexity index is 1830. The minimum absolute atomic E-state index is 0.0347. The first-order valence-electron chi connectivity index (χ1n) is 18.8. The number of likely N-dealkylation sites (tertiary alicyclic amines) is 2. The van der Waals surface area contributed by atoms with Crippen LogP contribution in [0.1, 0.15) is 90.5 Å². The van der Waals surface area contributed by atoms with Crippen LogP contribution >= 0.6 is 0 Å². The number of amides is 3. The lowest BCUT2D eigenvalue weighted by Crippen LogP contribution is -2.50. The molecule has 2 fully saturated rings. The third kappa shape index (κ3) is 7.62. The number of imidazole rings is 2. The van der Waals surface area contributed by atoms with Crippen LogP contribution in [0.2, 0.25) is 0 Å². The molecule has 2 aliphatic rings. The van der Waals surface area contributed by atoms with E-state index in [1.807, 2.05) is 24.9 Å². The van der Waals surface area contributed by atoms with Gasteiger partial charge in [0.2, 0.25) is 11.8 Å². The van der Waals surface area contributed by atoms with E-state index in [9.17, 15) is 19.5 Å². The zero-order valence-electron chi connectivity index (χ0n) is 30.9. The molecule has 0 radical (unpaired) electrons. The maximum atomic E-state index is 13.6. The average molecular weight is 709 g/mol. The highest BCUT2D eigenvalue weighted by molar-refractivity contribution is 5.86. The van der Waals surface area contributed by atoms with E-state index in [4.69, 9.17) is 4.98 Å². The fourth-order valence-electron chi connectivity index (χ4n) is 7.89. The van der Waals surface area contributed by atoms with Crippen LogP contribution < -0.4 is 5.32 Å². The number of rotatable bonds is 13. The minimum Gasteiger partial charge on any atom is -0.465 e. The van der Waals surface area contributed by atoms with Gasteiger partial charge in [0.15, 0.2) is 0 Å². The Labute approximate surface area is 306 Å². The van der Waals surface area contributed by atoms with Gasteiger partial charge in [-0.2, -0.15) is 0 Å². The number of aromatic amines is 2. The molecular weight excluding hydrogens is 656 g/mol. The van der Waals surface area contributed by atoms with Crippen molar-refractivity contribution in [2.75, 3.05) is 26.2 Å². The Morgan fingerprint density at radius 1 is 0.769 bits per heavy atom. The number of carboxylic acid groups (broad SMARTS) is 1. The Morgan fingerprint density at radius 3 is 1.62 bits per heavy atom. The van der Waals surface area contributed by atoms with E-state index in [0.29, 0.717) is 12.4 Å². The number of aromatic nitrogens is 4. The molecule has 12 heteroatoms. The molecule has 4 heterocycles. The van der Waals surface area contributed by atoms with E-state index in [-0.39, 0.29) is 35.9 Å². The Morgan fingerprint density at radius 2 is 1.21 bits per heavy atom. The molecule has 0 bridgehead atoms. The maximum Gasteiger partial charge on any atom is 0.405 e. The number of carbonyl (C=O) groups is 3. The average Bonchev–Trinajstić information content (AvgIpc) is 3.99. The number of hydrogen-bond donors (Lipinski definition) is 4. The standard InChI is InChI=1S/C40H52N8O4/c1-6-32(46(7-2)8-3)38(49)47-21-9-11-33(47)36-41-23-30(43-36)28-17-13-26(14-18-28)27-15-19-29(20-16-27)31-24-42-37(44-31)34-12-10-22-48(34)39(50)35(25(4)5)45-40(51)52/h13-20,23-25,32-35,45H,6-12,21-22H2,1-5H3,(H,41,43)(H,42,44)(H,51,52)/t32-,33?,34-,35-/m0/s1. The number of likely N-dealkylation sites (N-methyl/N-ethyl adjacent to an activating group) is 1. The van der Waals surface area contributed by atoms with Gasteiger partial charge in [0.1, 0.15) is 17.7 Å². The molecule has 2 aromatic carbocycles. The first-order chi connectivity index (χ1) is 25.1. The summed E-state index contributed by atoms with van der Waals surface area (Å²) in [6.07, 6.45) is 6.74. The van der Waals surface area contributed by atoms with E-state index in [1.165, 1.54) is 0 Å². The number of H-pyrrole nitrogens is 2. The zero-order valence-corrected chi connectivity index (χ0v) is 30.9. The van der Waals surface area contributed by atoms with Crippen LogP contribution in [0.15, 0.2) is 60.9 Å². The topological polar surface area (TPSA) is 151 Å². The molecule has 4 aromatic rings. The molecule has 1 unspecified atom stereocenters.